The molecule has 1 rings (SSSR count). The van der Waals surface area contributed by atoms with E-state index in [1.807, 2.05) is 0 Å². The van der Waals surface area contributed by atoms with Crippen molar-refractivity contribution in [1.29, 1.82) is 0 Å². The third-order valence-electron chi connectivity index (χ3n) is 2.87. The lowest BCUT2D eigenvalue weighted by molar-refractivity contribution is -0.228. The molecule has 1 aliphatic heterocycles. The number of carbonyl (C=O) groups is 3. The van der Waals surface area contributed by atoms with E-state index in [0.717, 1.165) is 0 Å². The first-order chi connectivity index (χ1) is 9.85. The molecule has 21 heavy (non-hydrogen) atoms. The molecule has 8 heteroatoms. The van der Waals surface area contributed by atoms with Crippen molar-refractivity contribution in [2.24, 2.45) is 0 Å². The van der Waals surface area contributed by atoms with E-state index >= 15 is 0 Å². The Balaban J connectivity index is 2.83. The van der Waals surface area contributed by atoms with Crippen LogP contribution in [0, 0.1) is 0 Å². The zero-order valence-electron chi connectivity index (χ0n) is 12.5. The summed E-state index contributed by atoms with van der Waals surface area (Å²) in [5.41, 5.74) is 0. The predicted molar refractivity (Wildman–Crippen MR) is 68.3 cm³/mol. The Morgan fingerprint density at radius 3 is 2.10 bits per heavy atom. The molecular weight excluding hydrogens is 284 g/mol. The molecule has 0 unspecified atom stereocenters. The van der Waals surface area contributed by atoms with Gasteiger partial charge in [-0.25, -0.2) is 0 Å². The molecule has 0 saturated carbocycles. The molecular formula is C13H20O8. The summed E-state index contributed by atoms with van der Waals surface area (Å²) in [5, 5.41) is 0. The molecule has 120 valence electrons. The van der Waals surface area contributed by atoms with Gasteiger partial charge in [0.15, 0.2) is 12.2 Å². The maximum absolute atomic E-state index is 11.2. The number of rotatable bonds is 5. The SMILES string of the molecule is CO[C@@H]1[C@@H](OC(C)=O)[C@@H](OC(C)=O)CO[C@@H]1COC(C)=O. The maximum Gasteiger partial charge on any atom is 0.303 e. The third-order valence-corrected chi connectivity index (χ3v) is 2.87. The maximum atomic E-state index is 11.2. The monoisotopic (exact) mass is 304 g/mol. The highest BCUT2D eigenvalue weighted by molar-refractivity contribution is 5.67. The Bertz CT molecular complexity index is 394. The Hall–Kier alpha value is -1.67. The average molecular weight is 304 g/mol. The van der Waals surface area contributed by atoms with Crippen molar-refractivity contribution in [1.82, 2.24) is 0 Å². The molecule has 1 saturated heterocycles. The van der Waals surface area contributed by atoms with Crippen molar-refractivity contribution < 1.29 is 38.1 Å². The molecule has 8 nitrogen and oxygen atoms in total. The molecule has 0 aromatic heterocycles. The van der Waals surface area contributed by atoms with Crippen LogP contribution >= 0.6 is 0 Å². The molecule has 0 aliphatic carbocycles. The Morgan fingerprint density at radius 1 is 1.00 bits per heavy atom. The summed E-state index contributed by atoms with van der Waals surface area (Å²) in [5.74, 6) is -1.51. The zero-order chi connectivity index (χ0) is 16.0. The molecule has 1 fully saturated rings. The van der Waals surface area contributed by atoms with Gasteiger partial charge in [-0.3, -0.25) is 14.4 Å². The van der Waals surface area contributed by atoms with E-state index in [-0.39, 0.29) is 13.2 Å². The first-order valence-electron chi connectivity index (χ1n) is 6.47. The van der Waals surface area contributed by atoms with E-state index in [2.05, 4.69) is 0 Å². The van der Waals surface area contributed by atoms with E-state index in [9.17, 15) is 14.4 Å². The second-order valence-electron chi connectivity index (χ2n) is 4.60. The van der Waals surface area contributed by atoms with Crippen LogP contribution in [0.25, 0.3) is 0 Å². The van der Waals surface area contributed by atoms with Gasteiger partial charge in [0.25, 0.3) is 0 Å². The molecule has 0 bridgehead atoms. The quantitative estimate of drug-likeness (QED) is 0.510. The predicted octanol–water partition coefficient (Wildman–Crippen LogP) is -0.173. The lowest BCUT2D eigenvalue weighted by Crippen LogP contribution is -2.57. The van der Waals surface area contributed by atoms with Gasteiger partial charge < -0.3 is 23.7 Å². The zero-order valence-corrected chi connectivity index (χ0v) is 12.5. The summed E-state index contributed by atoms with van der Waals surface area (Å²) in [4.78, 5) is 33.2. The van der Waals surface area contributed by atoms with Gasteiger partial charge in [0, 0.05) is 27.9 Å². The summed E-state index contributed by atoms with van der Waals surface area (Å²) in [6.45, 7) is 3.74. The van der Waals surface area contributed by atoms with Crippen molar-refractivity contribution >= 4 is 17.9 Å². The number of esters is 3. The minimum Gasteiger partial charge on any atom is -0.463 e. The molecule has 0 amide bonds. The fraction of sp³-hybridized carbons (Fsp3) is 0.769. The summed E-state index contributed by atoms with van der Waals surface area (Å²) >= 11 is 0. The number of hydrogen-bond donors (Lipinski definition) is 0. The van der Waals surface area contributed by atoms with Crippen molar-refractivity contribution in [3.05, 3.63) is 0 Å². The molecule has 0 N–H and O–H groups in total. The number of hydrogen-bond acceptors (Lipinski definition) is 8. The highest BCUT2D eigenvalue weighted by Crippen LogP contribution is 2.24. The van der Waals surface area contributed by atoms with Crippen LogP contribution in [0.4, 0.5) is 0 Å². The number of ether oxygens (including phenoxy) is 5. The van der Waals surface area contributed by atoms with Gasteiger partial charge in [0.1, 0.15) is 18.8 Å². The van der Waals surface area contributed by atoms with Gasteiger partial charge in [-0.2, -0.15) is 0 Å². The van der Waals surface area contributed by atoms with Crippen LogP contribution in [0.5, 0.6) is 0 Å². The highest BCUT2D eigenvalue weighted by atomic mass is 16.6. The minimum absolute atomic E-state index is 0.0172. The first-order valence-corrected chi connectivity index (χ1v) is 6.47. The van der Waals surface area contributed by atoms with E-state index in [0.29, 0.717) is 0 Å². The molecule has 4 atom stereocenters. The second-order valence-corrected chi connectivity index (χ2v) is 4.60. The lowest BCUT2D eigenvalue weighted by atomic mass is 9.99. The van der Waals surface area contributed by atoms with E-state index in [4.69, 9.17) is 23.7 Å². The van der Waals surface area contributed by atoms with Crippen LogP contribution in [0.2, 0.25) is 0 Å². The topological polar surface area (TPSA) is 97.4 Å². The third kappa shape index (κ3) is 5.31. The minimum atomic E-state index is -0.828. The van der Waals surface area contributed by atoms with Crippen LogP contribution < -0.4 is 0 Å². The fourth-order valence-corrected chi connectivity index (χ4v) is 2.11. The van der Waals surface area contributed by atoms with Crippen LogP contribution in [-0.4, -0.2) is 62.6 Å². The van der Waals surface area contributed by atoms with Gasteiger partial charge in [-0.1, -0.05) is 0 Å². The van der Waals surface area contributed by atoms with Gasteiger partial charge >= 0.3 is 17.9 Å². The van der Waals surface area contributed by atoms with Crippen molar-refractivity contribution in [3.63, 3.8) is 0 Å². The lowest BCUT2D eigenvalue weighted by Gasteiger charge is -2.40. The van der Waals surface area contributed by atoms with Crippen LogP contribution in [0.1, 0.15) is 20.8 Å². The first kappa shape index (κ1) is 17.4. The Morgan fingerprint density at radius 2 is 1.62 bits per heavy atom. The molecule has 0 aromatic carbocycles. The molecule has 1 aliphatic rings. The Labute approximate surface area is 122 Å². The number of carbonyl (C=O) groups excluding carboxylic acids is 3. The van der Waals surface area contributed by atoms with Crippen LogP contribution in [0.15, 0.2) is 0 Å². The molecule has 0 aromatic rings. The van der Waals surface area contributed by atoms with E-state index in [1.165, 1.54) is 27.9 Å². The molecule has 1 heterocycles. The summed E-state index contributed by atoms with van der Waals surface area (Å²) in [6.07, 6.45) is -2.93. The Kier molecular flexibility index (Phi) is 6.57. The van der Waals surface area contributed by atoms with Gasteiger partial charge in [-0.15, -0.1) is 0 Å². The van der Waals surface area contributed by atoms with Gasteiger partial charge in [0.2, 0.25) is 0 Å². The normalized spacial score (nSPS) is 28.6. The summed E-state index contributed by atoms with van der Waals surface area (Å²) in [7, 11) is 1.40. The average Bonchev–Trinajstić information content (AvgIpc) is 2.37. The number of methoxy groups -OCH3 is 1. The van der Waals surface area contributed by atoms with Gasteiger partial charge in [-0.05, 0) is 0 Å². The second kappa shape index (κ2) is 7.94. The van der Waals surface area contributed by atoms with Crippen molar-refractivity contribution in [3.8, 4) is 0 Å². The molecule has 0 radical (unpaired) electrons. The molecule has 0 spiro atoms. The summed E-state index contributed by atoms with van der Waals surface area (Å²) < 4.78 is 25.9. The largest absolute Gasteiger partial charge is 0.463 e. The van der Waals surface area contributed by atoms with E-state index in [1.54, 1.807) is 0 Å². The van der Waals surface area contributed by atoms with E-state index < -0.39 is 42.3 Å². The van der Waals surface area contributed by atoms with Crippen LogP contribution in [-0.2, 0) is 38.1 Å². The fourth-order valence-electron chi connectivity index (χ4n) is 2.11. The smallest absolute Gasteiger partial charge is 0.303 e. The van der Waals surface area contributed by atoms with Crippen LogP contribution in [0.3, 0.4) is 0 Å². The van der Waals surface area contributed by atoms with Gasteiger partial charge in [0.05, 0.1) is 6.61 Å². The standard InChI is InChI=1S/C13H20O8/c1-7(14)18-5-10-12(17-4)13(21-9(3)16)11(6-19-10)20-8(2)15/h10-13H,5-6H2,1-4H3/t10-,11+,12+,13+/m1/s1. The summed E-state index contributed by atoms with van der Waals surface area (Å²) in [6, 6.07) is 0. The highest BCUT2D eigenvalue weighted by Gasteiger charge is 2.45. The van der Waals surface area contributed by atoms with Crippen molar-refractivity contribution in [2.75, 3.05) is 20.3 Å². The van der Waals surface area contributed by atoms with Crippen molar-refractivity contribution in [2.45, 2.75) is 45.2 Å².